The van der Waals surface area contributed by atoms with E-state index in [1.165, 1.54) is 12.8 Å². The molecule has 0 aromatic heterocycles. The molecule has 0 aliphatic heterocycles. The fourth-order valence-electron chi connectivity index (χ4n) is 2.07. The molecular weight excluding hydrogens is 238 g/mol. The molecule has 2 N–H and O–H groups in total. The molecule has 0 aliphatic carbocycles. The van der Waals surface area contributed by atoms with E-state index in [0.717, 1.165) is 18.4 Å². The third-order valence-corrected chi connectivity index (χ3v) is 3.17. The van der Waals surface area contributed by atoms with Crippen LogP contribution in [0.1, 0.15) is 44.6 Å². The Kier molecular flexibility index (Phi) is 7.91. The highest BCUT2D eigenvalue weighted by Gasteiger charge is 2.11. The van der Waals surface area contributed by atoms with Crippen LogP contribution in [0.4, 0.5) is 0 Å². The molecule has 1 aromatic carbocycles. The van der Waals surface area contributed by atoms with Crippen molar-refractivity contribution in [3.05, 3.63) is 35.9 Å². The van der Waals surface area contributed by atoms with Crippen molar-refractivity contribution in [3.63, 3.8) is 0 Å². The molecule has 0 radical (unpaired) electrons. The summed E-state index contributed by atoms with van der Waals surface area (Å²) in [5.41, 5.74) is 1.13. The van der Waals surface area contributed by atoms with Crippen molar-refractivity contribution >= 4 is 5.91 Å². The van der Waals surface area contributed by atoms with Gasteiger partial charge in [0.2, 0.25) is 5.91 Å². The summed E-state index contributed by atoms with van der Waals surface area (Å²) in [6, 6.07) is 9.74. The number of carbonyl (C=O) groups excluding carboxylic acids is 1. The van der Waals surface area contributed by atoms with E-state index in [9.17, 15) is 9.90 Å². The Morgan fingerprint density at radius 3 is 2.58 bits per heavy atom. The van der Waals surface area contributed by atoms with Gasteiger partial charge >= 0.3 is 0 Å². The molecule has 0 spiro atoms. The number of aliphatic hydroxyl groups excluding tert-OH is 1. The summed E-state index contributed by atoms with van der Waals surface area (Å²) in [5.74, 6) is 0.0473. The maximum absolute atomic E-state index is 11.7. The monoisotopic (exact) mass is 263 g/mol. The van der Waals surface area contributed by atoms with Gasteiger partial charge in [-0.3, -0.25) is 4.79 Å². The first-order chi connectivity index (χ1) is 9.26. The van der Waals surface area contributed by atoms with Crippen LogP contribution in [0, 0.1) is 0 Å². The van der Waals surface area contributed by atoms with Gasteiger partial charge in [-0.2, -0.15) is 0 Å². The highest BCUT2D eigenvalue weighted by molar-refractivity contribution is 5.76. The van der Waals surface area contributed by atoms with Crippen LogP contribution < -0.4 is 5.32 Å². The van der Waals surface area contributed by atoms with E-state index in [0.29, 0.717) is 12.8 Å². The number of hydrogen-bond donors (Lipinski definition) is 2. The first-order valence-corrected chi connectivity index (χ1v) is 7.20. The summed E-state index contributed by atoms with van der Waals surface area (Å²) in [6.45, 7) is 2.14. The number of unbranched alkanes of at least 4 members (excludes halogenated alkanes) is 3. The lowest BCUT2D eigenvalue weighted by Crippen LogP contribution is -2.38. The Bertz CT molecular complexity index is 351. The summed E-state index contributed by atoms with van der Waals surface area (Å²) in [6.07, 6.45) is 5.63. The first-order valence-electron chi connectivity index (χ1n) is 7.20. The van der Waals surface area contributed by atoms with E-state index >= 15 is 0 Å². The van der Waals surface area contributed by atoms with E-state index in [1.54, 1.807) is 0 Å². The van der Waals surface area contributed by atoms with Crippen molar-refractivity contribution in [3.8, 4) is 0 Å². The number of rotatable bonds is 9. The number of nitrogens with one attached hydrogen (secondary N) is 1. The quantitative estimate of drug-likeness (QED) is 0.673. The normalized spacial score (nSPS) is 12.1. The molecule has 0 bridgehead atoms. The molecule has 0 fully saturated rings. The molecule has 106 valence electrons. The van der Waals surface area contributed by atoms with Gasteiger partial charge in [0, 0.05) is 6.42 Å². The second-order valence-corrected chi connectivity index (χ2v) is 4.95. The molecule has 3 nitrogen and oxygen atoms in total. The molecule has 0 saturated carbocycles. The number of aliphatic hydroxyl groups is 1. The van der Waals surface area contributed by atoms with Crippen LogP contribution >= 0.6 is 0 Å². The topological polar surface area (TPSA) is 49.3 Å². The summed E-state index contributed by atoms with van der Waals surface area (Å²) in [5, 5.41) is 12.2. The number of benzene rings is 1. The van der Waals surface area contributed by atoms with Gasteiger partial charge < -0.3 is 10.4 Å². The smallest absolute Gasteiger partial charge is 0.220 e. The molecule has 1 atom stereocenters. The van der Waals surface area contributed by atoms with Gasteiger partial charge in [-0.05, 0) is 18.4 Å². The second kappa shape index (κ2) is 9.56. The van der Waals surface area contributed by atoms with Gasteiger partial charge in [-0.25, -0.2) is 0 Å². The fourth-order valence-corrected chi connectivity index (χ4v) is 2.07. The van der Waals surface area contributed by atoms with E-state index in [4.69, 9.17) is 0 Å². The van der Waals surface area contributed by atoms with Crippen molar-refractivity contribution in [1.29, 1.82) is 0 Å². The van der Waals surface area contributed by atoms with Crippen LogP contribution in [-0.4, -0.2) is 23.7 Å². The average Bonchev–Trinajstić information content (AvgIpc) is 2.44. The van der Waals surface area contributed by atoms with Crippen LogP contribution in [0.5, 0.6) is 0 Å². The molecule has 1 rings (SSSR count). The SMILES string of the molecule is CCCCCCC(=O)NC(CO)Cc1ccccc1. The zero-order chi connectivity index (χ0) is 13.9. The molecule has 0 aliphatic rings. The van der Waals surface area contributed by atoms with Crippen molar-refractivity contribution in [2.24, 2.45) is 0 Å². The standard InChI is InChI=1S/C16H25NO2/c1-2-3-4-8-11-16(19)17-15(13-18)12-14-9-6-5-7-10-14/h5-7,9-10,15,18H,2-4,8,11-13H2,1H3,(H,17,19). The average molecular weight is 263 g/mol. The Hall–Kier alpha value is -1.35. The zero-order valence-electron chi connectivity index (χ0n) is 11.8. The van der Waals surface area contributed by atoms with Gasteiger partial charge in [0.1, 0.15) is 0 Å². The predicted molar refractivity (Wildman–Crippen MR) is 77.9 cm³/mol. The third kappa shape index (κ3) is 6.97. The highest BCUT2D eigenvalue weighted by Crippen LogP contribution is 2.05. The lowest BCUT2D eigenvalue weighted by atomic mass is 10.1. The van der Waals surface area contributed by atoms with Crippen LogP contribution in [0.25, 0.3) is 0 Å². The third-order valence-electron chi connectivity index (χ3n) is 3.17. The van der Waals surface area contributed by atoms with Gasteiger partial charge in [-0.15, -0.1) is 0 Å². The molecule has 1 unspecified atom stereocenters. The minimum atomic E-state index is -0.180. The Labute approximate surface area is 116 Å². The molecule has 1 amide bonds. The van der Waals surface area contributed by atoms with Crippen LogP contribution in [0.15, 0.2) is 30.3 Å². The first kappa shape index (κ1) is 15.7. The largest absolute Gasteiger partial charge is 0.394 e. The van der Waals surface area contributed by atoms with Crippen molar-refractivity contribution < 1.29 is 9.90 Å². The Morgan fingerprint density at radius 1 is 1.21 bits per heavy atom. The van der Waals surface area contributed by atoms with Crippen molar-refractivity contribution in [2.45, 2.75) is 51.5 Å². The van der Waals surface area contributed by atoms with E-state index in [1.807, 2.05) is 30.3 Å². The summed E-state index contributed by atoms with van der Waals surface area (Å²) < 4.78 is 0. The Balaban J connectivity index is 2.29. The second-order valence-electron chi connectivity index (χ2n) is 4.95. The predicted octanol–water partition coefficient (Wildman–Crippen LogP) is 2.68. The van der Waals surface area contributed by atoms with Gasteiger partial charge in [-0.1, -0.05) is 56.5 Å². The minimum Gasteiger partial charge on any atom is -0.394 e. The van der Waals surface area contributed by atoms with Crippen LogP contribution in [-0.2, 0) is 11.2 Å². The Morgan fingerprint density at radius 2 is 1.95 bits per heavy atom. The highest BCUT2D eigenvalue weighted by atomic mass is 16.3. The molecule has 1 aromatic rings. The fraction of sp³-hybridized carbons (Fsp3) is 0.562. The maximum atomic E-state index is 11.7. The number of hydrogen-bond acceptors (Lipinski definition) is 2. The lowest BCUT2D eigenvalue weighted by molar-refractivity contribution is -0.122. The summed E-state index contributed by atoms with van der Waals surface area (Å²) in [4.78, 5) is 11.7. The van der Waals surface area contributed by atoms with E-state index in [-0.39, 0.29) is 18.6 Å². The van der Waals surface area contributed by atoms with Crippen LogP contribution in [0.2, 0.25) is 0 Å². The number of amides is 1. The molecule has 3 heteroatoms. The van der Waals surface area contributed by atoms with Gasteiger partial charge in [0.25, 0.3) is 0 Å². The molecule has 0 saturated heterocycles. The summed E-state index contributed by atoms with van der Waals surface area (Å²) in [7, 11) is 0. The zero-order valence-corrected chi connectivity index (χ0v) is 11.8. The molecule has 19 heavy (non-hydrogen) atoms. The van der Waals surface area contributed by atoms with Gasteiger partial charge in [0.15, 0.2) is 0 Å². The lowest BCUT2D eigenvalue weighted by Gasteiger charge is -2.16. The summed E-state index contributed by atoms with van der Waals surface area (Å²) >= 11 is 0. The van der Waals surface area contributed by atoms with Crippen molar-refractivity contribution in [1.82, 2.24) is 5.32 Å². The van der Waals surface area contributed by atoms with Crippen LogP contribution in [0.3, 0.4) is 0 Å². The van der Waals surface area contributed by atoms with E-state index < -0.39 is 0 Å². The minimum absolute atomic E-state index is 0.0183. The van der Waals surface area contributed by atoms with E-state index in [2.05, 4.69) is 12.2 Å². The van der Waals surface area contributed by atoms with Gasteiger partial charge in [0.05, 0.1) is 12.6 Å². The maximum Gasteiger partial charge on any atom is 0.220 e. The number of carbonyl (C=O) groups is 1. The molecule has 0 heterocycles. The van der Waals surface area contributed by atoms with Crippen molar-refractivity contribution in [2.75, 3.05) is 6.61 Å². The molecular formula is C16H25NO2.